The van der Waals surface area contributed by atoms with Crippen molar-refractivity contribution in [3.8, 4) is 0 Å². The number of rotatable bonds is 3. The van der Waals surface area contributed by atoms with E-state index in [-0.39, 0.29) is 18.4 Å². The predicted molar refractivity (Wildman–Crippen MR) is 78.1 cm³/mol. The molecule has 2 amide bonds. The third kappa shape index (κ3) is 3.08. The van der Waals surface area contributed by atoms with Crippen molar-refractivity contribution in [3.63, 3.8) is 0 Å². The summed E-state index contributed by atoms with van der Waals surface area (Å²) in [5, 5.41) is 5.59. The van der Waals surface area contributed by atoms with Gasteiger partial charge in [-0.15, -0.1) is 0 Å². The summed E-state index contributed by atoms with van der Waals surface area (Å²) in [6.45, 7) is 5.02. The summed E-state index contributed by atoms with van der Waals surface area (Å²) >= 11 is 0. The topological polar surface area (TPSA) is 87.5 Å². The minimum absolute atomic E-state index is 0.0551. The molecule has 0 radical (unpaired) electrons. The van der Waals surface area contributed by atoms with Crippen molar-refractivity contribution in [2.24, 2.45) is 0 Å². The Morgan fingerprint density at radius 3 is 2.95 bits per heavy atom. The standard InChI is InChI=1S/C14H20N4O2/c1-14(2)13(20)16-6-7-18(14)9-12(19)17-11-5-3-4-10(15)8-11/h3-5,8H,6-7,9,15H2,1-2H3,(H,16,20)(H,17,19). The number of amides is 2. The molecular formula is C14H20N4O2. The molecule has 0 aromatic heterocycles. The van der Waals surface area contributed by atoms with E-state index < -0.39 is 5.54 Å². The summed E-state index contributed by atoms with van der Waals surface area (Å²) in [4.78, 5) is 25.7. The second-order valence-electron chi connectivity index (χ2n) is 5.41. The monoisotopic (exact) mass is 276 g/mol. The van der Waals surface area contributed by atoms with Crippen molar-refractivity contribution >= 4 is 23.2 Å². The van der Waals surface area contributed by atoms with Crippen molar-refractivity contribution in [2.75, 3.05) is 30.7 Å². The van der Waals surface area contributed by atoms with Gasteiger partial charge >= 0.3 is 0 Å². The molecule has 6 heteroatoms. The molecule has 1 fully saturated rings. The Morgan fingerprint density at radius 1 is 1.50 bits per heavy atom. The van der Waals surface area contributed by atoms with Crippen LogP contribution in [0.1, 0.15) is 13.8 Å². The molecule has 108 valence electrons. The zero-order valence-corrected chi connectivity index (χ0v) is 11.8. The lowest BCUT2D eigenvalue weighted by molar-refractivity contribution is -0.136. The summed E-state index contributed by atoms with van der Waals surface area (Å²) in [7, 11) is 0. The number of anilines is 2. The first-order valence-electron chi connectivity index (χ1n) is 6.58. The van der Waals surface area contributed by atoms with E-state index in [0.717, 1.165) is 0 Å². The largest absolute Gasteiger partial charge is 0.399 e. The third-order valence-electron chi connectivity index (χ3n) is 3.52. The number of piperazine rings is 1. The van der Waals surface area contributed by atoms with Crippen molar-refractivity contribution in [1.82, 2.24) is 10.2 Å². The molecule has 1 heterocycles. The fraction of sp³-hybridized carbons (Fsp3) is 0.429. The van der Waals surface area contributed by atoms with E-state index in [4.69, 9.17) is 5.73 Å². The van der Waals surface area contributed by atoms with Crippen LogP contribution in [0.3, 0.4) is 0 Å². The Labute approximate surface area is 118 Å². The van der Waals surface area contributed by atoms with E-state index in [1.807, 2.05) is 18.7 Å². The highest BCUT2D eigenvalue weighted by molar-refractivity contribution is 5.94. The fourth-order valence-corrected chi connectivity index (χ4v) is 2.21. The van der Waals surface area contributed by atoms with Gasteiger partial charge in [0.15, 0.2) is 0 Å². The fourth-order valence-electron chi connectivity index (χ4n) is 2.21. The maximum atomic E-state index is 12.1. The SMILES string of the molecule is CC1(C)C(=O)NCCN1CC(=O)Nc1cccc(N)c1. The Kier molecular flexibility index (Phi) is 3.94. The summed E-state index contributed by atoms with van der Waals surface area (Å²) < 4.78 is 0. The molecule has 20 heavy (non-hydrogen) atoms. The van der Waals surface area contributed by atoms with Gasteiger partial charge in [0.2, 0.25) is 11.8 Å². The number of hydrogen-bond donors (Lipinski definition) is 3. The molecule has 0 bridgehead atoms. The zero-order chi connectivity index (χ0) is 14.8. The molecule has 2 rings (SSSR count). The van der Waals surface area contributed by atoms with E-state index >= 15 is 0 Å². The average molecular weight is 276 g/mol. The summed E-state index contributed by atoms with van der Waals surface area (Å²) in [5.74, 6) is -0.209. The van der Waals surface area contributed by atoms with Crippen LogP contribution in [0.25, 0.3) is 0 Å². The van der Waals surface area contributed by atoms with Crippen molar-refractivity contribution < 1.29 is 9.59 Å². The lowest BCUT2D eigenvalue weighted by Gasteiger charge is -2.40. The molecular weight excluding hydrogens is 256 g/mol. The first kappa shape index (κ1) is 14.3. The van der Waals surface area contributed by atoms with Crippen LogP contribution in [-0.2, 0) is 9.59 Å². The van der Waals surface area contributed by atoms with Gasteiger partial charge in [0, 0.05) is 24.5 Å². The van der Waals surface area contributed by atoms with Gasteiger partial charge in [0.1, 0.15) is 0 Å². The molecule has 1 aliphatic heterocycles. The van der Waals surface area contributed by atoms with Crippen molar-refractivity contribution in [3.05, 3.63) is 24.3 Å². The summed E-state index contributed by atoms with van der Waals surface area (Å²) in [5.41, 5.74) is 6.25. The van der Waals surface area contributed by atoms with Crippen LogP contribution >= 0.6 is 0 Å². The minimum Gasteiger partial charge on any atom is -0.399 e. The normalized spacial score (nSPS) is 18.4. The van der Waals surface area contributed by atoms with Crippen LogP contribution in [0.2, 0.25) is 0 Å². The van der Waals surface area contributed by atoms with Gasteiger partial charge < -0.3 is 16.4 Å². The summed E-state index contributed by atoms with van der Waals surface area (Å²) in [6, 6.07) is 7.02. The number of benzene rings is 1. The van der Waals surface area contributed by atoms with Gasteiger partial charge in [-0.05, 0) is 32.0 Å². The van der Waals surface area contributed by atoms with Crippen LogP contribution in [0.4, 0.5) is 11.4 Å². The van der Waals surface area contributed by atoms with Crippen LogP contribution in [0.5, 0.6) is 0 Å². The highest BCUT2D eigenvalue weighted by atomic mass is 16.2. The lowest BCUT2D eigenvalue weighted by Crippen LogP contribution is -2.62. The van der Waals surface area contributed by atoms with Gasteiger partial charge in [-0.2, -0.15) is 0 Å². The summed E-state index contributed by atoms with van der Waals surface area (Å²) in [6.07, 6.45) is 0. The number of hydrogen-bond acceptors (Lipinski definition) is 4. The first-order valence-corrected chi connectivity index (χ1v) is 6.58. The Balaban J connectivity index is 1.99. The number of nitrogens with two attached hydrogens (primary N) is 1. The maximum absolute atomic E-state index is 12.1. The van der Waals surface area contributed by atoms with E-state index in [0.29, 0.717) is 24.5 Å². The number of nitrogens with one attached hydrogen (secondary N) is 2. The van der Waals surface area contributed by atoms with Crippen LogP contribution in [-0.4, -0.2) is 41.9 Å². The molecule has 0 spiro atoms. The maximum Gasteiger partial charge on any atom is 0.240 e. The van der Waals surface area contributed by atoms with Crippen LogP contribution in [0, 0.1) is 0 Å². The number of carbonyl (C=O) groups excluding carboxylic acids is 2. The molecule has 0 aliphatic carbocycles. The number of nitrogens with zero attached hydrogens (tertiary/aromatic N) is 1. The molecule has 1 saturated heterocycles. The molecule has 0 unspecified atom stereocenters. The molecule has 0 atom stereocenters. The highest BCUT2D eigenvalue weighted by Gasteiger charge is 2.38. The van der Waals surface area contributed by atoms with E-state index in [9.17, 15) is 9.59 Å². The molecule has 6 nitrogen and oxygen atoms in total. The van der Waals surface area contributed by atoms with Gasteiger partial charge in [-0.3, -0.25) is 14.5 Å². The smallest absolute Gasteiger partial charge is 0.240 e. The quantitative estimate of drug-likeness (QED) is 0.698. The third-order valence-corrected chi connectivity index (χ3v) is 3.52. The van der Waals surface area contributed by atoms with Gasteiger partial charge in [-0.1, -0.05) is 6.07 Å². The lowest BCUT2D eigenvalue weighted by atomic mass is 9.99. The molecule has 4 N–H and O–H groups in total. The van der Waals surface area contributed by atoms with Gasteiger partial charge in [0.25, 0.3) is 0 Å². The molecule has 0 saturated carbocycles. The van der Waals surface area contributed by atoms with E-state index in [1.165, 1.54) is 0 Å². The Morgan fingerprint density at radius 2 is 2.25 bits per heavy atom. The van der Waals surface area contributed by atoms with E-state index in [2.05, 4.69) is 10.6 Å². The van der Waals surface area contributed by atoms with Gasteiger partial charge in [-0.25, -0.2) is 0 Å². The zero-order valence-electron chi connectivity index (χ0n) is 11.8. The van der Waals surface area contributed by atoms with Crippen molar-refractivity contribution in [2.45, 2.75) is 19.4 Å². The highest BCUT2D eigenvalue weighted by Crippen LogP contribution is 2.18. The van der Waals surface area contributed by atoms with E-state index in [1.54, 1.807) is 24.3 Å². The Hall–Kier alpha value is -2.08. The number of nitrogen functional groups attached to an aromatic ring is 1. The average Bonchev–Trinajstić information content (AvgIpc) is 2.35. The molecule has 1 aliphatic rings. The Bertz CT molecular complexity index is 528. The predicted octanol–water partition coefficient (Wildman–Crippen LogP) is 0.418. The van der Waals surface area contributed by atoms with Crippen molar-refractivity contribution in [1.29, 1.82) is 0 Å². The molecule has 1 aromatic rings. The van der Waals surface area contributed by atoms with Crippen LogP contribution < -0.4 is 16.4 Å². The van der Waals surface area contributed by atoms with Gasteiger partial charge in [0.05, 0.1) is 12.1 Å². The second-order valence-corrected chi connectivity index (χ2v) is 5.41. The molecule has 1 aromatic carbocycles. The first-order chi connectivity index (χ1) is 9.39. The second kappa shape index (κ2) is 5.50. The van der Waals surface area contributed by atoms with Crippen LogP contribution in [0.15, 0.2) is 24.3 Å². The number of carbonyl (C=O) groups is 2. The minimum atomic E-state index is -0.675.